The maximum Gasteiger partial charge on any atom is 0.267 e. The molecule has 3 aromatic rings. The van der Waals surface area contributed by atoms with Gasteiger partial charge in [0.2, 0.25) is 5.88 Å². The standard InChI is InChI=1S/C19H21N5O4S/c1-12-5-6-16(27-4)17(9-12)29(25,26)23(3)14-10-15-18-22-21-13(2)24(18)7-8-28-19(15)20-11-14/h5-6,9-11H,7-8H2,1-4H3. The van der Waals surface area contributed by atoms with E-state index in [9.17, 15) is 8.42 Å². The maximum absolute atomic E-state index is 13.3. The van der Waals surface area contributed by atoms with Gasteiger partial charge in [0, 0.05) is 7.05 Å². The Kier molecular flexibility index (Phi) is 4.65. The van der Waals surface area contributed by atoms with E-state index in [4.69, 9.17) is 9.47 Å². The molecule has 0 N–H and O–H groups in total. The molecular formula is C19H21N5O4S. The fourth-order valence-electron chi connectivity index (χ4n) is 3.24. The van der Waals surface area contributed by atoms with Gasteiger partial charge in [-0.25, -0.2) is 13.4 Å². The Balaban J connectivity index is 1.81. The molecule has 0 saturated heterocycles. The SMILES string of the molecule is COc1ccc(C)cc1S(=O)(=O)N(C)c1cnc2c(c1)-c1nnc(C)n1CCO2. The lowest BCUT2D eigenvalue weighted by molar-refractivity contribution is 0.294. The molecule has 0 saturated carbocycles. The Labute approximate surface area is 169 Å². The van der Waals surface area contributed by atoms with Crippen LogP contribution in [0.25, 0.3) is 11.4 Å². The molecule has 0 bridgehead atoms. The number of aromatic nitrogens is 4. The minimum Gasteiger partial charge on any atom is -0.495 e. The van der Waals surface area contributed by atoms with Crippen molar-refractivity contribution >= 4 is 15.7 Å². The number of hydrogen-bond acceptors (Lipinski definition) is 7. The fourth-order valence-corrected chi connectivity index (χ4v) is 4.65. The van der Waals surface area contributed by atoms with Crippen molar-refractivity contribution in [3.05, 3.63) is 41.9 Å². The van der Waals surface area contributed by atoms with E-state index in [-0.39, 0.29) is 10.6 Å². The summed E-state index contributed by atoms with van der Waals surface area (Å²) in [4.78, 5) is 4.43. The zero-order valence-electron chi connectivity index (χ0n) is 16.6. The van der Waals surface area contributed by atoms with Gasteiger partial charge < -0.3 is 14.0 Å². The summed E-state index contributed by atoms with van der Waals surface area (Å²) in [7, 11) is -0.956. The Morgan fingerprint density at radius 1 is 1.21 bits per heavy atom. The van der Waals surface area contributed by atoms with Gasteiger partial charge >= 0.3 is 0 Å². The Hall–Kier alpha value is -3.14. The summed E-state index contributed by atoms with van der Waals surface area (Å²) < 4.78 is 40.7. The molecule has 3 heterocycles. The third kappa shape index (κ3) is 3.19. The molecule has 0 unspecified atom stereocenters. The maximum atomic E-state index is 13.3. The summed E-state index contributed by atoms with van der Waals surface area (Å²) in [6.07, 6.45) is 1.47. The average Bonchev–Trinajstić information content (AvgIpc) is 2.97. The number of nitrogens with zero attached hydrogens (tertiary/aromatic N) is 5. The van der Waals surface area contributed by atoms with Gasteiger partial charge in [-0.2, -0.15) is 0 Å². The van der Waals surface area contributed by atoms with Crippen LogP contribution in [-0.2, 0) is 16.6 Å². The predicted molar refractivity (Wildman–Crippen MR) is 107 cm³/mol. The molecule has 0 aliphatic carbocycles. The van der Waals surface area contributed by atoms with Crippen LogP contribution in [0.3, 0.4) is 0 Å². The largest absolute Gasteiger partial charge is 0.495 e. The van der Waals surface area contributed by atoms with Gasteiger partial charge in [-0.15, -0.1) is 10.2 Å². The second kappa shape index (κ2) is 7.03. The van der Waals surface area contributed by atoms with Crippen molar-refractivity contribution in [2.24, 2.45) is 0 Å². The number of rotatable bonds is 4. The monoisotopic (exact) mass is 415 g/mol. The van der Waals surface area contributed by atoms with Crippen LogP contribution in [0.2, 0.25) is 0 Å². The lowest BCUT2D eigenvalue weighted by Gasteiger charge is -2.21. The fraction of sp³-hybridized carbons (Fsp3) is 0.316. The van der Waals surface area contributed by atoms with Crippen LogP contribution in [0.1, 0.15) is 11.4 Å². The lowest BCUT2D eigenvalue weighted by atomic mass is 10.2. The summed E-state index contributed by atoms with van der Waals surface area (Å²) >= 11 is 0. The van der Waals surface area contributed by atoms with Gasteiger partial charge in [-0.1, -0.05) is 6.07 Å². The molecule has 4 rings (SSSR count). The molecule has 29 heavy (non-hydrogen) atoms. The van der Waals surface area contributed by atoms with E-state index in [2.05, 4.69) is 15.2 Å². The molecule has 1 aliphatic heterocycles. The summed E-state index contributed by atoms with van der Waals surface area (Å²) in [6.45, 7) is 4.71. The number of ether oxygens (including phenoxy) is 2. The first kappa shape index (κ1) is 19.2. The van der Waals surface area contributed by atoms with Gasteiger partial charge in [0.1, 0.15) is 23.1 Å². The normalized spacial score (nSPS) is 13.1. The molecule has 0 fully saturated rings. The number of pyridine rings is 1. The third-order valence-corrected chi connectivity index (χ3v) is 6.69. The molecule has 9 nitrogen and oxygen atoms in total. The van der Waals surface area contributed by atoms with Crippen LogP contribution in [-0.4, -0.2) is 48.9 Å². The highest BCUT2D eigenvalue weighted by Gasteiger charge is 2.28. The van der Waals surface area contributed by atoms with Gasteiger partial charge in [-0.3, -0.25) is 4.31 Å². The van der Waals surface area contributed by atoms with E-state index in [1.54, 1.807) is 24.3 Å². The molecule has 0 spiro atoms. The Morgan fingerprint density at radius 2 is 2.00 bits per heavy atom. The highest BCUT2D eigenvalue weighted by atomic mass is 32.2. The quantitative estimate of drug-likeness (QED) is 0.644. The van der Waals surface area contributed by atoms with E-state index < -0.39 is 10.0 Å². The van der Waals surface area contributed by atoms with Crippen molar-refractivity contribution in [2.75, 3.05) is 25.1 Å². The van der Waals surface area contributed by atoms with E-state index in [0.29, 0.717) is 36.1 Å². The van der Waals surface area contributed by atoms with E-state index in [1.165, 1.54) is 24.7 Å². The number of benzene rings is 1. The zero-order chi connectivity index (χ0) is 20.8. The first-order valence-corrected chi connectivity index (χ1v) is 10.4. The van der Waals surface area contributed by atoms with Crippen molar-refractivity contribution in [1.29, 1.82) is 0 Å². The van der Waals surface area contributed by atoms with Crippen LogP contribution in [0, 0.1) is 13.8 Å². The number of fused-ring (bicyclic) bond motifs is 3. The highest BCUT2D eigenvalue weighted by Crippen LogP contribution is 2.35. The van der Waals surface area contributed by atoms with Crippen LogP contribution in [0.15, 0.2) is 35.4 Å². The predicted octanol–water partition coefficient (Wildman–Crippen LogP) is 2.18. The summed E-state index contributed by atoms with van der Waals surface area (Å²) in [5.74, 6) is 2.04. The smallest absolute Gasteiger partial charge is 0.267 e. The van der Waals surface area contributed by atoms with Crippen molar-refractivity contribution in [3.63, 3.8) is 0 Å². The molecule has 0 atom stereocenters. The number of hydrogen-bond donors (Lipinski definition) is 0. The lowest BCUT2D eigenvalue weighted by Crippen LogP contribution is -2.27. The minimum atomic E-state index is -3.88. The van der Waals surface area contributed by atoms with Crippen molar-refractivity contribution in [2.45, 2.75) is 25.3 Å². The van der Waals surface area contributed by atoms with Crippen molar-refractivity contribution in [3.8, 4) is 23.0 Å². The average molecular weight is 415 g/mol. The van der Waals surface area contributed by atoms with Crippen LogP contribution in [0.4, 0.5) is 5.69 Å². The molecule has 0 radical (unpaired) electrons. The van der Waals surface area contributed by atoms with E-state index in [0.717, 1.165) is 11.4 Å². The third-order valence-electron chi connectivity index (χ3n) is 4.89. The summed E-state index contributed by atoms with van der Waals surface area (Å²) in [5, 5.41) is 8.35. The van der Waals surface area contributed by atoms with Crippen LogP contribution >= 0.6 is 0 Å². The molecule has 10 heteroatoms. The van der Waals surface area contributed by atoms with Gasteiger partial charge in [0.15, 0.2) is 5.82 Å². The molecule has 2 aromatic heterocycles. The zero-order valence-corrected chi connectivity index (χ0v) is 17.4. The van der Waals surface area contributed by atoms with Crippen molar-refractivity contribution in [1.82, 2.24) is 19.7 Å². The van der Waals surface area contributed by atoms with Crippen LogP contribution < -0.4 is 13.8 Å². The first-order chi connectivity index (χ1) is 13.8. The molecular weight excluding hydrogens is 394 g/mol. The summed E-state index contributed by atoms with van der Waals surface area (Å²) in [5.41, 5.74) is 1.79. The first-order valence-electron chi connectivity index (χ1n) is 8.99. The molecule has 152 valence electrons. The number of anilines is 1. The van der Waals surface area contributed by atoms with Crippen LogP contribution in [0.5, 0.6) is 11.6 Å². The minimum absolute atomic E-state index is 0.0905. The van der Waals surface area contributed by atoms with E-state index in [1.807, 2.05) is 18.4 Å². The molecule has 1 aliphatic rings. The number of sulfonamides is 1. The van der Waals surface area contributed by atoms with Gasteiger partial charge in [0.25, 0.3) is 10.0 Å². The van der Waals surface area contributed by atoms with Gasteiger partial charge in [-0.05, 0) is 37.6 Å². The summed E-state index contributed by atoms with van der Waals surface area (Å²) in [6, 6.07) is 6.73. The number of aryl methyl sites for hydroxylation is 2. The molecule has 1 aromatic carbocycles. The number of methoxy groups -OCH3 is 1. The topological polar surface area (TPSA) is 99.4 Å². The van der Waals surface area contributed by atoms with Gasteiger partial charge in [0.05, 0.1) is 31.1 Å². The van der Waals surface area contributed by atoms with Crippen molar-refractivity contribution < 1.29 is 17.9 Å². The second-order valence-electron chi connectivity index (χ2n) is 6.74. The van der Waals surface area contributed by atoms with E-state index >= 15 is 0 Å². The second-order valence-corrected chi connectivity index (χ2v) is 8.68. The Bertz CT molecular complexity index is 1190. The Morgan fingerprint density at radius 3 is 2.76 bits per heavy atom. The molecule has 0 amide bonds. The highest BCUT2D eigenvalue weighted by molar-refractivity contribution is 7.92.